The largest absolute Gasteiger partial charge is 0.508 e. The minimum atomic E-state index is 0.237. The van der Waals surface area contributed by atoms with Crippen LogP contribution < -0.4 is 5.73 Å². The molecule has 3 N–H and O–H groups in total. The zero-order valence-corrected chi connectivity index (χ0v) is 9.94. The summed E-state index contributed by atoms with van der Waals surface area (Å²) < 4.78 is 0. The van der Waals surface area contributed by atoms with E-state index in [-0.39, 0.29) is 5.75 Å². The van der Waals surface area contributed by atoms with Gasteiger partial charge in [0.2, 0.25) is 0 Å². The lowest BCUT2D eigenvalue weighted by atomic mass is 10.1. The topological polar surface area (TPSA) is 72.0 Å². The molecule has 4 heteroatoms. The summed E-state index contributed by atoms with van der Waals surface area (Å²) in [6, 6.07) is 6.84. The SMILES string of the molecule is Cc1nc(-c2ccc(O)cc2)nc(C)c1CN. The van der Waals surface area contributed by atoms with Crippen LogP contribution in [0.5, 0.6) is 5.75 Å². The third-order valence-corrected chi connectivity index (χ3v) is 2.75. The van der Waals surface area contributed by atoms with Crippen LogP contribution in [0, 0.1) is 13.8 Å². The molecule has 1 aromatic heterocycles. The minimum Gasteiger partial charge on any atom is -0.508 e. The van der Waals surface area contributed by atoms with Gasteiger partial charge in [0.1, 0.15) is 5.75 Å². The quantitative estimate of drug-likeness (QED) is 0.825. The fourth-order valence-electron chi connectivity index (χ4n) is 1.77. The molecular formula is C13H15N3O. The zero-order valence-electron chi connectivity index (χ0n) is 9.94. The van der Waals surface area contributed by atoms with E-state index in [1.807, 2.05) is 13.8 Å². The molecule has 0 bridgehead atoms. The van der Waals surface area contributed by atoms with Crippen molar-refractivity contribution in [2.24, 2.45) is 5.73 Å². The number of hydrogen-bond acceptors (Lipinski definition) is 4. The lowest BCUT2D eigenvalue weighted by molar-refractivity contribution is 0.475. The maximum Gasteiger partial charge on any atom is 0.159 e. The van der Waals surface area contributed by atoms with Gasteiger partial charge < -0.3 is 10.8 Å². The summed E-state index contributed by atoms with van der Waals surface area (Å²) in [4.78, 5) is 8.86. The van der Waals surface area contributed by atoms with Crippen molar-refractivity contribution in [1.29, 1.82) is 0 Å². The number of aryl methyl sites for hydroxylation is 2. The van der Waals surface area contributed by atoms with Gasteiger partial charge in [0, 0.05) is 29.1 Å². The van der Waals surface area contributed by atoms with E-state index >= 15 is 0 Å². The number of hydrogen-bond donors (Lipinski definition) is 2. The molecule has 0 saturated heterocycles. The Morgan fingerprint density at radius 2 is 1.59 bits per heavy atom. The Morgan fingerprint density at radius 3 is 2.06 bits per heavy atom. The summed E-state index contributed by atoms with van der Waals surface area (Å²) in [7, 11) is 0. The average molecular weight is 229 g/mol. The van der Waals surface area contributed by atoms with Gasteiger partial charge in [0.15, 0.2) is 5.82 Å². The second-order valence-corrected chi connectivity index (χ2v) is 3.95. The first-order valence-electron chi connectivity index (χ1n) is 5.45. The molecule has 0 aliphatic rings. The summed E-state index contributed by atoms with van der Waals surface area (Å²) in [5, 5.41) is 9.24. The maximum absolute atomic E-state index is 9.24. The first kappa shape index (κ1) is 11.5. The summed E-state index contributed by atoms with van der Waals surface area (Å²) in [5.74, 6) is 0.901. The smallest absolute Gasteiger partial charge is 0.159 e. The molecule has 0 unspecified atom stereocenters. The maximum atomic E-state index is 9.24. The molecule has 0 amide bonds. The van der Waals surface area contributed by atoms with Gasteiger partial charge in [-0.15, -0.1) is 0 Å². The molecule has 0 atom stereocenters. The standard InChI is InChI=1S/C13H15N3O/c1-8-12(7-14)9(2)16-13(15-8)10-3-5-11(17)6-4-10/h3-6,17H,7,14H2,1-2H3. The molecule has 17 heavy (non-hydrogen) atoms. The number of rotatable bonds is 2. The van der Waals surface area contributed by atoms with Crippen LogP contribution in [-0.4, -0.2) is 15.1 Å². The molecule has 0 spiro atoms. The van der Waals surface area contributed by atoms with Gasteiger partial charge >= 0.3 is 0 Å². The highest BCUT2D eigenvalue weighted by atomic mass is 16.3. The predicted octanol–water partition coefficient (Wildman–Crippen LogP) is 1.92. The van der Waals surface area contributed by atoms with Crippen LogP contribution in [-0.2, 0) is 6.54 Å². The van der Waals surface area contributed by atoms with E-state index in [2.05, 4.69) is 9.97 Å². The second kappa shape index (κ2) is 4.51. The minimum absolute atomic E-state index is 0.237. The third-order valence-electron chi connectivity index (χ3n) is 2.75. The molecule has 2 aromatic rings. The van der Waals surface area contributed by atoms with Gasteiger partial charge in [-0.2, -0.15) is 0 Å². The van der Waals surface area contributed by atoms with Crippen LogP contribution in [0.25, 0.3) is 11.4 Å². The highest BCUT2D eigenvalue weighted by molar-refractivity contribution is 5.56. The predicted molar refractivity (Wildman–Crippen MR) is 66.5 cm³/mol. The highest BCUT2D eigenvalue weighted by Gasteiger charge is 2.08. The molecule has 1 heterocycles. The average Bonchev–Trinajstić information content (AvgIpc) is 2.29. The lowest BCUT2D eigenvalue weighted by Crippen LogP contribution is -2.07. The van der Waals surface area contributed by atoms with E-state index < -0.39 is 0 Å². The highest BCUT2D eigenvalue weighted by Crippen LogP contribution is 2.20. The van der Waals surface area contributed by atoms with Crippen molar-refractivity contribution in [1.82, 2.24) is 9.97 Å². The van der Waals surface area contributed by atoms with Crippen molar-refractivity contribution in [3.05, 3.63) is 41.2 Å². The Labute approximate surface area is 100 Å². The molecular weight excluding hydrogens is 214 g/mol. The number of aromatic nitrogens is 2. The number of benzene rings is 1. The first-order valence-corrected chi connectivity index (χ1v) is 5.45. The Bertz CT molecular complexity index is 512. The number of aromatic hydroxyl groups is 1. The summed E-state index contributed by atoms with van der Waals surface area (Å²) >= 11 is 0. The van der Waals surface area contributed by atoms with Crippen LogP contribution >= 0.6 is 0 Å². The van der Waals surface area contributed by atoms with Gasteiger partial charge in [-0.1, -0.05) is 0 Å². The number of nitrogens with two attached hydrogens (primary N) is 1. The Hall–Kier alpha value is -1.94. The van der Waals surface area contributed by atoms with Crippen molar-refractivity contribution in [2.45, 2.75) is 20.4 Å². The first-order chi connectivity index (χ1) is 8.11. The van der Waals surface area contributed by atoms with E-state index in [0.717, 1.165) is 22.5 Å². The Balaban J connectivity index is 2.50. The van der Waals surface area contributed by atoms with Crippen LogP contribution in [0.4, 0.5) is 0 Å². The number of phenols is 1. The van der Waals surface area contributed by atoms with Crippen molar-refractivity contribution in [3.8, 4) is 17.1 Å². The van der Waals surface area contributed by atoms with Gasteiger partial charge in [0.05, 0.1) is 0 Å². The summed E-state index contributed by atoms with van der Waals surface area (Å²) in [6.07, 6.45) is 0. The fourth-order valence-corrected chi connectivity index (χ4v) is 1.77. The molecule has 1 aromatic carbocycles. The number of nitrogens with zero attached hydrogens (tertiary/aromatic N) is 2. The molecule has 4 nitrogen and oxygen atoms in total. The van der Waals surface area contributed by atoms with E-state index in [0.29, 0.717) is 12.4 Å². The Kier molecular flexibility index (Phi) is 3.06. The molecule has 88 valence electrons. The molecule has 0 aliphatic carbocycles. The van der Waals surface area contributed by atoms with E-state index in [1.165, 1.54) is 0 Å². The fraction of sp³-hybridized carbons (Fsp3) is 0.231. The monoisotopic (exact) mass is 229 g/mol. The summed E-state index contributed by atoms with van der Waals surface area (Å²) in [6.45, 7) is 4.31. The normalized spacial score (nSPS) is 10.5. The van der Waals surface area contributed by atoms with E-state index in [1.54, 1.807) is 24.3 Å². The van der Waals surface area contributed by atoms with E-state index in [9.17, 15) is 5.11 Å². The van der Waals surface area contributed by atoms with Gasteiger partial charge in [-0.05, 0) is 38.1 Å². The molecule has 2 rings (SSSR count). The van der Waals surface area contributed by atoms with Crippen molar-refractivity contribution >= 4 is 0 Å². The van der Waals surface area contributed by atoms with Crippen LogP contribution in [0.2, 0.25) is 0 Å². The lowest BCUT2D eigenvalue weighted by Gasteiger charge is -2.09. The van der Waals surface area contributed by atoms with Crippen molar-refractivity contribution < 1.29 is 5.11 Å². The van der Waals surface area contributed by atoms with Gasteiger partial charge in [-0.25, -0.2) is 9.97 Å². The zero-order chi connectivity index (χ0) is 12.4. The third kappa shape index (κ3) is 2.26. The molecule has 0 radical (unpaired) electrons. The van der Waals surface area contributed by atoms with Crippen molar-refractivity contribution in [2.75, 3.05) is 0 Å². The summed E-state index contributed by atoms with van der Waals surface area (Å²) in [5.41, 5.74) is 9.34. The van der Waals surface area contributed by atoms with E-state index in [4.69, 9.17) is 5.73 Å². The molecule has 0 aliphatic heterocycles. The van der Waals surface area contributed by atoms with Crippen LogP contribution in [0.1, 0.15) is 17.0 Å². The van der Waals surface area contributed by atoms with Gasteiger partial charge in [0.25, 0.3) is 0 Å². The Morgan fingerprint density at radius 1 is 1.06 bits per heavy atom. The van der Waals surface area contributed by atoms with Gasteiger partial charge in [-0.3, -0.25) is 0 Å². The number of phenolic OH excluding ortho intramolecular Hbond substituents is 1. The van der Waals surface area contributed by atoms with Crippen LogP contribution in [0.3, 0.4) is 0 Å². The molecule has 0 saturated carbocycles. The van der Waals surface area contributed by atoms with Crippen LogP contribution in [0.15, 0.2) is 24.3 Å². The molecule has 0 fully saturated rings. The second-order valence-electron chi connectivity index (χ2n) is 3.95. The van der Waals surface area contributed by atoms with Crippen molar-refractivity contribution in [3.63, 3.8) is 0 Å².